The fourth-order valence-corrected chi connectivity index (χ4v) is 8.24. The minimum Gasteiger partial charge on any atom is -0.456 e. The van der Waals surface area contributed by atoms with E-state index in [4.69, 9.17) is 4.74 Å². The number of hydrogen-bond acceptors (Lipinski definition) is 5. The van der Waals surface area contributed by atoms with Crippen molar-refractivity contribution in [2.45, 2.75) is 84.8 Å². The molecule has 2 unspecified atom stereocenters. The third-order valence-corrected chi connectivity index (χ3v) is 10.9. The zero-order chi connectivity index (χ0) is 25.6. The molecule has 1 spiro atoms. The lowest BCUT2D eigenvalue weighted by Gasteiger charge is -2.40. The van der Waals surface area contributed by atoms with Crippen LogP contribution in [0, 0.1) is 30.1 Å². The Kier molecular flexibility index (Phi) is 7.10. The van der Waals surface area contributed by atoms with Crippen molar-refractivity contribution in [3.05, 3.63) is 45.7 Å². The van der Waals surface area contributed by atoms with Gasteiger partial charge in [0, 0.05) is 17.9 Å². The minimum atomic E-state index is -0.288. The number of thioether (sulfide) groups is 1. The summed E-state index contributed by atoms with van der Waals surface area (Å²) >= 11 is 1.43. The van der Waals surface area contributed by atoms with Gasteiger partial charge in [0.1, 0.15) is 6.61 Å². The van der Waals surface area contributed by atoms with Crippen LogP contribution in [0.1, 0.15) is 92.8 Å². The van der Waals surface area contributed by atoms with Crippen LogP contribution in [0.2, 0.25) is 0 Å². The molecule has 4 aliphatic rings. The van der Waals surface area contributed by atoms with Gasteiger partial charge in [-0.3, -0.25) is 9.59 Å². The summed E-state index contributed by atoms with van der Waals surface area (Å²) < 4.78 is 5.17. The molecule has 2 fully saturated rings. The second-order valence-corrected chi connectivity index (χ2v) is 12.4. The molecule has 194 valence electrons. The van der Waals surface area contributed by atoms with E-state index in [1.54, 1.807) is 6.92 Å². The van der Waals surface area contributed by atoms with Crippen LogP contribution >= 0.6 is 11.8 Å². The molecule has 36 heavy (non-hydrogen) atoms. The van der Waals surface area contributed by atoms with E-state index in [2.05, 4.69) is 26.8 Å². The van der Waals surface area contributed by atoms with Crippen molar-refractivity contribution >= 4 is 28.8 Å². The molecule has 6 heteroatoms. The molecule has 1 saturated carbocycles. The molecule has 1 aromatic carbocycles. The van der Waals surface area contributed by atoms with E-state index in [0.29, 0.717) is 29.9 Å². The van der Waals surface area contributed by atoms with Crippen LogP contribution in [-0.2, 0) is 26.5 Å². The van der Waals surface area contributed by atoms with E-state index >= 15 is 0 Å². The Balaban J connectivity index is 1.19. The van der Waals surface area contributed by atoms with Crippen molar-refractivity contribution in [3.8, 4) is 0 Å². The van der Waals surface area contributed by atoms with Gasteiger partial charge in [-0.25, -0.2) is 4.79 Å². The fourth-order valence-electron chi connectivity index (χ4n) is 7.24. The predicted molar refractivity (Wildman–Crippen MR) is 142 cm³/mol. The van der Waals surface area contributed by atoms with Gasteiger partial charge in [0.15, 0.2) is 0 Å². The van der Waals surface area contributed by atoms with E-state index in [1.807, 2.05) is 11.0 Å². The zero-order valence-corrected chi connectivity index (χ0v) is 23.0. The molecule has 3 aliphatic heterocycles. The second-order valence-electron chi connectivity index (χ2n) is 11.5. The minimum absolute atomic E-state index is 0.218. The third-order valence-electron chi connectivity index (χ3n) is 9.98. The van der Waals surface area contributed by atoms with Gasteiger partial charge < -0.3 is 9.64 Å². The molecule has 5 nitrogen and oxygen atoms in total. The molecule has 1 aliphatic carbocycles. The molecule has 0 aromatic heterocycles. The maximum absolute atomic E-state index is 13.5. The number of nitrogens with zero attached hydrogens (tertiary/aromatic N) is 1. The van der Waals surface area contributed by atoms with Crippen molar-refractivity contribution in [1.82, 2.24) is 4.90 Å². The van der Waals surface area contributed by atoms with Crippen molar-refractivity contribution in [3.63, 3.8) is 0 Å². The van der Waals surface area contributed by atoms with Crippen molar-refractivity contribution in [1.29, 1.82) is 0 Å². The van der Waals surface area contributed by atoms with E-state index < -0.39 is 0 Å². The Hall–Kier alpha value is -2.08. The normalized spacial score (nSPS) is 27.7. The van der Waals surface area contributed by atoms with Gasteiger partial charge in [-0.05, 0) is 99.3 Å². The van der Waals surface area contributed by atoms with Crippen molar-refractivity contribution in [2.24, 2.45) is 23.2 Å². The van der Waals surface area contributed by atoms with Gasteiger partial charge in [-0.2, -0.15) is 0 Å². The van der Waals surface area contributed by atoms with E-state index in [9.17, 15) is 14.4 Å². The van der Waals surface area contributed by atoms with Gasteiger partial charge in [0.25, 0.3) is 0 Å². The van der Waals surface area contributed by atoms with Crippen LogP contribution in [0.4, 0.5) is 0 Å². The summed E-state index contributed by atoms with van der Waals surface area (Å²) in [5, 5.41) is 0.218. The third kappa shape index (κ3) is 4.33. The van der Waals surface area contributed by atoms with Gasteiger partial charge in [-0.1, -0.05) is 38.1 Å². The molecule has 2 atom stereocenters. The lowest BCUT2D eigenvalue weighted by molar-refractivity contribution is -0.138. The number of fused-ring (bicyclic) bond motifs is 1. The first kappa shape index (κ1) is 25.6. The molecule has 1 saturated heterocycles. The summed E-state index contributed by atoms with van der Waals surface area (Å²) in [4.78, 5) is 39.2. The fraction of sp³-hybridized carbons (Fsp3) is 0.633. The van der Waals surface area contributed by atoms with E-state index in [0.717, 1.165) is 55.5 Å². The number of rotatable bonds is 7. The van der Waals surface area contributed by atoms with E-state index in [1.165, 1.54) is 41.3 Å². The van der Waals surface area contributed by atoms with Crippen molar-refractivity contribution in [2.75, 3.05) is 13.2 Å². The van der Waals surface area contributed by atoms with Crippen LogP contribution in [-0.4, -0.2) is 35.0 Å². The quantitative estimate of drug-likeness (QED) is 0.409. The van der Waals surface area contributed by atoms with Gasteiger partial charge in [-0.15, -0.1) is 0 Å². The maximum Gasteiger partial charge on any atom is 0.336 e. The van der Waals surface area contributed by atoms with E-state index in [-0.39, 0.29) is 29.0 Å². The summed E-state index contributed by atoms with van der Waals surface area (Å²) in [6, 6.07) is 4.22. The number of aryl methyl sites for hydroxylation is 1. The van der Waals surface area contributed by atoms with Crippen LogP contribution in [0.5, 0.6) is 0 Å². The van der Waals surface area contributed by atoms with Gasteiger partial charge in [0.2, 0.25) is 11.0 Å². The number of amides is 1. The van der Waals surface area contributed by atoms with Crippen LogP contribution in [0.25, 0.3) is 0 Å². The number of carbonyl (C=O) groups is 3. The molecule has 1 amide bonds. The molecule has 1 aromatic rings. The number of esters is 1. The second kappa shape index (κ2) is 10.00. The Morgan fingerprint density at radius 2 is 1.89 bits per heavy atom. The van der Waals surface area contributed by atoms with Crippen LogP contribution in [0.15, 0.2) is 23.4 Å². The molecular weight excluding hydrogens is 470 g/mol. The summed E-state index contributed by atoms with van der Waals surface area (Å²) in [7, 11) is 0. The highest BCUT2D eigenvalue weighted by molar-refractivity contribution is 8.13. The summed E-state index contributed by atoms with van der Waals surface area (Å²) in [6.07, 6.45) is 8.47. The Labute approximate surface area is 219 Å². The van der Waals surface area contributed by atoms with Crippen LogP contribution in [0.3, 0.4) is 0 Å². The lowest BCUT2D eigenvalue weighted by atomic mass is 9.64. The van der Waals surface area contributed by atoms with Gasteiger partial charge in [0.05, 0.1) is 16.7 Å². The predicted octanol–water partition coefficient (Wildman–Crippen LogP) is 6.22. The lowest BCUT2D eigenvalue weighted by Crippen LogP contribution is -2.39. The Morgan fingerprint density at radius 3 is 2.56 bits per heavy atom. The summed E-state index contributed by atoms with van der Waals surface area (Å²) in [6.45, 7) is 9.66. The number of carbonyl (C=O) groups excluding carboxylic acids is 3. The first-order valence-corrected chi connectivity index (χ1v) is 14.7. The van der Waals surface area contributed by atoms with Crippen molar-refractivity contribution < 1.29 is 19.1 Å². The number of ether oxygens (including phenoxy) is 1. The molecule has 0 radical (unpaired) electrons. The summed E-state index contributed by atoms with van der Waals surface area (Å²) in [5.41, 5.74) is 6.01. The molecule has 0 N–H and O–H groups in total. The topological polar surface area (TPSA) is 63.7 Å². The Morgan fingerprint density at radius 1 is 1.14 bits per heavy atom. The highest BCUT2D eigenvalue weighted by Gasteiger charge is 2.50. The average Bonchev–Trinajstić information content (AvgIpc) is 3.52. The standard InChI is InChI=1S/C30H39NO4S/c1-5-21(6-7-22-8-9-24-25(19(22)3)17-36-28(24)33)18(2)23-10-12-30(13-11-23)14-15-31(29(30)34)26-16-35-27(32)20(26)4/h8-9,18,21,23H,5-7,10-17H2,1-4H3. The molecule has 0 bridgehead atoms. The van der Waals surface area contributed by atoms with Crippen LogP contribution < -0.4 is 0 Å². The first-order valence-electron chi connectivity index (χ1n) is 13.7. The first-order chi connectivity index (χ1) is 17.3. The zero-order valence-electron chi connectivity index (χ0n) is 22.2. The largest absolute Gasteiger partial charge is 0.456 e. The highest BCUT2D eigenvalue weighted by atomic mass is 32.2. The SMILES string of the molecule is CCC(CCc1ccc2c(c1C)CSC2=O)C(C)C1CCC2(CC1)CCN(C1=C(C)C(=O)OC1)C2=O. The average molecular weight is 510 g/mol. The Bertz CT molecular complexity index is 1110. The molecular formula is C30H39NO4S. The number of cyclic esters (lactones) is 1. The summed E-state index contributed by atoms with van der Waals surface area (Å²) in [5.74, 6) is 2.72. The molecule has 5 rings (SSSR count). The maximum atomic E-state index is 13.5. The van der Waals surface area contributed by atoms with Gasteiger partial charge >= 0.3 is 5.97 Å². The number of hydrogen-bond donors (Lipinski definition) is 0. The number of likely N-dealkylation sites (tertiary alicyclic amines) is 1. The molecule has 3 heterocycles. The smallest absolute Gasteiger partial charge is 0.336 e. The number of benzene rings is 1. The highest BCUT2D eigenvalue weighted by Crippen LogP contribution is 2.50. The monoisotopic (exact) mass is 509 g/mol.